The molecule has 0 saturated heterocycles. The summed E-state index contributed by atoms with van der Waals surface area (Å²) >= 11 is 0. The van der Waals surface area contributed by atoms with Gasteiger partial charge in [-0.05, 0) is 62.7 Å². The minimum atomic E-state index is -1.73. The number of para-hydroxylation sites is 4. The standard InChI is InChI=1S/C30H33N3O6/c1-4-38-23-12-8-6-10-20(23)32-28(35)26-22(34)18-30(3,37)27(25(26)19-14-16-31-17-15-19)29(36)33-21-11-7-9-13-24(21)39-5-2/h6-17,25-27,37H,4-5,18H2,1-3H3,(H,32,35)(H,33,36). The maximum Gasteiger partial charge on any atom is 0.235 e. The van der Waals surface area contributed by atoms with Crippen molar-refractivity contribution in [3.8, 4) is 11.5 Å². The molecule has 4 rings (SSSR count). The monoisotopic (exact) mass is 531 g/mol. The van der Waals surface area contributed by atoms with E-state index in [2.05, 4.69) is 15.6 Å². The average molecular weight is 532 g/mol. The van der Waals surface area contributed by atoms with Crippen LogP contribution >= 0.6 is 0 Å². The number of hydrogen-bond acceptors (Lipinski definition) is 7. The highest BCUT2D eigenvalue weighted by molar-refractivity contribution is 6.11. The lowest BCUT2D eigenvalue weighted by Gasteiger charge is -2.44. The van der Waals surface area contributed by atoms with E-state index in [1.54, 1.807) is 60.7 Å². The summed E-state index contributed by atoms with van der Waals surface area (Å²) in [4.78, 5) is 45.2. The quantitative estimate of drug-likeness (QED) is 0.353. The second-order valence-electron chi connectivity index (χ2n) is 9.60. The predicted octanol–water partition coefficient (Wildman–Crippen LogP) is 4.20. The van der Waals surface area contributed by atoms with E-state index in [9.17, 15) is 19.5 Å². The lowest BCUT2D eigenvalue weighted by molar-refractivity contribution is -0.150. The predicted molar refractivity (Wildman–Crippen MR) is 147 cm³/mol. The van der Waals surface area contributed by atoms with Gasteiger partial charge < -0.3 is 25.2 Å². The van der Waals surface area contributed by atoms with Crippen molar-refractivity contribution in [1.29, 1.82) is 0 Å². The number of carbonyl (C=O) groups is 3. The maximum atomic E-state index is 13.9. The zero-order valence-electron chi connectivity index (χ0n) is 22.2. The molecule has 2 aromatic carbocycles. The van der Waals surface area contributed by atoms with Crippen molar-refractivity contribution >= 4 is 29.0 Å². The number of nitrogens with one attached hydrogen (secondary N) is 2. The van der Waals surface area contributed by atoms with Crippen LogP contribution in [0.5, 0.6) is 11.5 Å². The van der Waals surface area contributed by atoms with E-state index in [4.69, 9.17) is 9.47 Å². The summed E-state index contributed by atoms with van der Waals surface area (Å²) in [6, 6.07) is 17.2. The van der Waals surface area contributed by atoms with Gasteiger partial charge in [-0.1, -0.05) is 24.3 Å². The molecule has 9 nitrogen and oxygen atoms in total. The Morgan fingerprint density at radius 1 is 0.897 bits per heavy atom. The first-order valence-corrected chi connectivity index (χ1v) is 13.0. The van der Waals surface area contributed by atoms with Crippen molar-refractivity contribution in [2.45, 2.75) is 38.7 Å². The Bertz CT molecular complexity index is 1330. The van der Waals surface area contributed by atoms with Crippen LogP contribution in [0.1, 0.15) is 38.7 Å². The summed E-state index contributed by atoms with van der Waals surface area (Å²) in [5.74, 6) is -4.01. The number of ether oxygens (including phenoxy) is 2. The number of hydrogen-bond donors (Lipinski definition) is 3. The summed E-state index contributed by atoms with van der Waals surface area (Å²) in [5.41, 5.74) is -0.350. The van der Waals surface area contributed by atoms with Crippen LogP contribution in [0.2, 0.25) is 0 Å². The average Bonchev–Trinajstić information content (AvgIpc) is 2.90. The SMILES string of the molecule is CCOc1ccccc1NC(=O)C1C(=O)CC(C)(O)C(C(=O)Nc2ccccc2OCC)C1c1ccncc1. The van der Waals surface area contributed by atoms with Gasteiger partial charge in [0.15, 0.2) is 0 Å². The minimum absolute atomic E-state index is 0.370. The van der Waals surface area contributed by atoms with Crippen molar-refractivity contribution in [3.63, 3.8) is 0 Å². The van der Waals surface area contributed by atoms with Crippen LogP contribution in [-0.4, -0.2) is 46.5 Å². The normalized spacial score (nSPS) is 22.6. The van der Waals surface area contributed by atoms with Crippen molar-refractivity contribution in [1.82, 2.24) is 4.98 Å². The van der Waals surface area contributed by atoms with Crippen molar-refractivity contribution in [2.75, 3.05) is 23.8 Å². The largest absolute Gasteiger partial charge is 0.492 e. The highest BCUT2D eigenvalue weighted by Crippen LogP contribution is 2.47. The zero-order valence-corrected chi connectivity index (χ0v) is 22.2. The third kappa shape index (κ3) is 6.09. The van der Waals surface area contributed by atoms with E-state index >= 15 is 0 Å². The van der Waals surface area contributed by atoms with Gasteiger partial charge >= 0.3 is 0 Å². The second-order valence-corrected chi connectivity index (χ2v) is 9.60. The van der Waals surface area contributed by atoms with Crippen molar-refractivity contribution in [2.24, 2.45) is 11.8 Å². The first-order chi connectivity index (χ1) is 18.8. The Hall–Kier alpha value is -4.24. The number of Topliss-reactive ketones (excluding diaryl/α,β-unsaturated/α-hetero) is 1. The number of ketones is 1. The van der Waals surface area contributed by atoms with E-state index in [1.807, 2.05) is 13.8 Å². The molecular weight excluding hydrogens is 498 g/mol. The molecule has 1 aliphatic carbocycles. The lowest BCUT2D eigenvalue weighted by atomic mass is 9.61. The molecule has 2 amide bonds. The molecule has 1 aromatic heterocycles. The zero-order chi connectivity index (χ0) is 28.0. The van der Waals surface area contributed by atoms with Gasteiger partial charge in [0.25, 0.3) is 0 Å². The number of rotatable bonds is 9. The van der Waals surface area contributed by atoms with Gasteiger partial charge in [0, 0.05) is 24.7 Å². The fourth-order valence-electron chi connectivity index (χ4n) is 5.20. The number of benzene rings is 2. The molecule has 1 saturated carbocycles. The van der Waals surface area contributed by atoms with Crippen LogP contribution in [-0.2, 0) is 14.4 Å². The molecule has 1 heterocycles. The number of pyridine rings is 1. The molecule has 1 fully saturated rings. The van der Waals surface area contributed by atoms with Gasteiger partial charge in [-0.2, -0.15) is 0 Å². The molecule has 0 aliphatic heterocycles. The van der Waals surface area contributed by atoms with Gasteiger partial charge in [0.2, 0.25) is 11.8 Å². The minimum Gasteiger partial charge on any atom is -0.492 e. The fourth-order valence-corrected chi connectivity index (χ4v) is 5.20. The molecule has 3 N–H and O–H groups in total. The maximum absolute atomic E-state index is 13.9. The fraction of sp³-hybridized carbons (Fsp3) is 0.333. The number of carbonyl (C=O) groups excluding carboxylic acids is 3. The molecule has 39 heavy (non-hydrogen) atoms. The Balaban J connectivity index is 1.74. The Morgan fingerprint density at radius 3 is 1.95 bits per heavy atom. The topological polar surface area (TPSA) is 127 Å². The first kappa shape index (κ1) is 27.8. The van der Waals surface area contributed by atoms with Crippen LogP contribution in [0.25, 0.3) is 0 Å². The molecule has 9 heteroatoms. The van der Waals surface area contributed by atoms with E-state index in [-0.39, 0.29) is 6.42 Å². The van der Waals surface area contributed by atoms with Gasteiger partial charge in [-0.3, -0.25) is 19.4 Å². The van der Waals surface area contributed by atoms with Crippen LogP contribution < -0.4 is 20.1 Å². The van der Waals surface area contributed by atoms with E-state index in [0.717, 1.165) is 0 Å². The molecule has 4 atom stereocenters. The number of aromatic nitrogens is 1. The molecule has 3 aromatic rings. The third-order valence-corrected chi connectivity index (χ3v) is 6.81. The highest BCUT2D eigenvalue weighted by atomic mass is 16.5. The van der Waals surface area contributed by atoms with Crippen LogP contribution in [0, 0.1) is 11.8 Å². The van der Waals surface area contributed by atoms with Crippen LogP contribution in [0.4, 0.5) is 11.4 Å². The Kier molecular flexibility index (Phi) is 8.61. The number of aliphatic hydroxyl groups is 1. The summed E-state index contributed by atoms with van der Waals surface area (Å²) in [6.45, 7) is 5.91. The lowest BCUT2D eigenvalue weighted by Crippen LogP contribution is -2.56. The number of anilines is 2. The first-order valence-electron chi connectivity index (χ1n) is 13.0. The van der Waals surface area contributed by atoms with Crippen LogP contribution in [0.3, 0.4) is 0 Å². The Morgan fingerprint density at radius 2 is 1.41 bits per heavy atom. The number of nitrogens with zero attached hydrogens (tertiary/aromatic N) is 1. The summed E-state index contributed by atoms with van der Waals surface area (Å²) in [6.07, 6.45) is 2.69. The van der Waals surface area contributed by atoms with Crippen LogP contribution in [0.15, 0.2) is 73.1 Å². The molecule has 4 unspecified atom stereocenters. The molecule has 204 valence electrons. The van der Waals surface area contributed by atoms with Gasteiger partial charge in [0.05, 0.1) is 36.1 Å². The number of amides is 2. The van der Waals surface area contributed by atoms with Crippen molar-refractivity contribution < 1.29 is 29.0 Å². The van der Waals surface area contributed by atoms with Gasteiger partial charge in [-0.25, -0.2) is 0 Å². The summed E-state index contributed by atoms with van der Waals surface area (Å²) < 4.78 is 11.3. The second kappa shape index (κ2) is 12.1. The third-order valence-electron chi connectivity index (χ3n) is 6.81. The molecule has 0 bridgehead atoms. The molecular formula is C30H33N3O6. The van der Waals surface area contributed by atoms with Crippen molar-refractivity contribution in [3.05, 3.63) is 78.6 Å². The molecule has 0 radical (unpaired) electrons. The van der Waals surface area contributed by atoms with E-state index in [0.29, 0.717) is 41.7 Å². The van der Waals surface area contributed by atoms with Gasteiger partial charge in [0.1, 0.15) is 23.2 Å². The summed E-state index contributed by atoms with van der Waals surface area (Å²) in [7, 11) is 0. The Labute approximate surface area is 227 Å². The summed E-state index contributed by atoms with van der Waals surface area (Å²) in [5, 5.41) is 17.2. The smallest absolute Gasteiger partial charge is 0.235 e. The highest BCUT2D eigenvalue weighted by Gasteiger charge is 2.56. The van der Waals surface area contributed by atoms with E-state index in [1.165, 1.54) is 19.3 Å². The molecule has 1 aliphatic rings. The van der Waals surface area contributed by atoms with Gasteiger partial charge in [-0.15, -0.1) is 0 Å². The van der Waals surface area contributed by atoms with E-state index < -0.39 is 41.0 Å². The molecule has 0 spiro atoms.